The van der Waals surface area contributed by atoms with Crippen molar-refractivity contribution >= 4 is 15.9 Å². The van der Waals surface area contributed by atoms with Crippen molar-refractivity contribution in [3.8, 4) is 0 Å². The van der Waals surface area contributed by atoms with Crippen molar-refractivity contribution in [2.75, 3.05) is 12.8 Å². The molecule has 1 aromatic heterocycles. The maximum Gasteiger partial charge on any atom is 0.270 e. The minimum atomic E-state index is -3.22. The average molecular weight is 338 g/mol. The smallest absolute Gasteiger partial charge is 0.270 e. The zero-order valence-corrected chi connectivity index (χ0v) is 14.0. The van der Waals surface area contributed by atoms with Crippen molar-refractivity contribution in [2.45, 2.75) is 44.1 Å². The van der Waals surface area contributed by atoms with Crippen LogP contribution in [-0.4, -0.2) is 43.1 Å². The van der Waals surface area contributed by atoms with Crippen LogP contribution in [0.25, 0.3) is 0 Å². The van der Waals surface area contributed by atoms with Crippen LogP contribution in [0.15, 0.2) is 12.3 Å². The van der Waals surface area contributed by atoms with Crippen LogP contribution in [0.3, 0.4) is 0 Å². The summed E-state index contributed by atoms with van der Waals surface area (Å²) in [5.41, 5.74) is 0.382. The highest BCUT2D eigenvalue weighted by Gasteiger charge is 2.30. The van der Waals surface area contributed by atoms with Crippen LogP contribution >= 0.6 is 0 Å². The Bertz CT molecular complexity index is 688. The Morgan fingerprint density at radius 3 is 2.78 bits per heavy atom. The molecule has 126 valence electrons. The van der Waals surface area contributed by atoms with Crippen molar-refractivity contribution in [2.24, 2.45) is 5.92 Å². The highest BCUT2D eigenvalue weighted by atomic mass is 32.2. The lowest BCUT2D eigenvalue weighted by molar-refractivity contribution is 0.0940. The SMILES string of the molecule is CS(=O)(=O)NC1CCCC1CNC(=O)c1ccnc(C2CC2)n1. The van der Waals surface area contributed by atoms with Crippen LogP contribution in [0.2, 0.25) is 0 Å². The van der Waals surface area contributed by atoms with E-state index in [1.54, 1.807) is 12.3 Å². The van der Waals surface area contributed by atoms with Gasteiger partial charge in [0.2, 0.25) is 10.0 Å². The first-order valence-corrected chi connectivity index (χ1v) is 9.90. The van der Waals surface area contributed by atoms with E-state index in [2.05, 4.69) is 20.0 Å². The molecule has 0 saturated heterocycles. The second-order valence-corrected chi connectivity index (χ2v) is 8.25. The van der Waals surface area contributed by atoms with Crippen molar-refractivity contribution in [1.82, 2.24) is 20.0 Å². The van der Waals surface area contributed by atoms with Crippen LogP contribution in [0.5, 0.6) is 0 Å². The molecule has 2 saturated carbocycles. The summed E-state index contributed by atoms with van der Waals surface area (Å²) >= 11 is 0. The Labute approximate surface area is 136 Å². The Hall–Kier alpha value is -1.54. The Balaban J connectivity index is 1.57. The lowest BCUT2D eigenvalue weighted by Crippen LogP contribution is -2.41. The lowest BCUT2D eigenvalue weighted by atomic mass is 10.0. The van der Waals surface area contributed by atoms with Gasteiger partial charge in [-0.1, -0.05) is 6.42 Å². The molecule has 8 heteroatoms. The molecule has 2 aliphatic rings. The standard InChI is InChI=1S/C15H22N4O3S/c1-23(21,22)19-12-4-2-3-11(12)9-17-15(20)13-7-8-16-14(18-13)10-5-6-10/h7-8,10-12,19H,2-6,9H2,1H3,(H,17,20). The first-order valence-electron chi connectivity index (χ1n) is 8.01. The highest BCUT2D eigenvalue weighted by molar-refractivity contribution is 7.88. The summed E-state index contributed by atoms with van der Waals surface area (Å²) in [6.45, 7) is 0.453. The third-order valence-electron chi connectivity index (χ3n) is 4.40. The third-order valence-corrected chi connectivity index (χ3v) is 5.13. The van der Waals surface area contributed by atoms with Gasteiger partial charge in [0.05, 0.1) is 6.26 Å². The van der Waals surface area contributed by atoms with Crippen molar-refractivity contribution in [3.63, 3.8) is 0 Å². The largest absolute Gasteiger partial charge is 0.350 e. The molecule has 2 N–H and O–H groups in total. The predicted octanol–water partition coefficient (Wildman–Crippen LogP) is 0.802. The molecule has 2 atom stereocenters. The lowest BCUT2D eigenvalue weighted by Gasteiger charge is -2.20. The molecule has 1 aromatic rings. The third kappa shape index (κ3) is 4.48. The fourth-order valence-corrected chi connectivity index (χ4v) is 3.92. The van der Waals surface area contributed by atoms with Crippen molar-refractivity contribution in [3.05, 3.63) is 23.8 Å². The number of carbonyl (C=O) groups is 1. The van der Waals surface area contributed by atoms with Gasteiger partial charge in [0.25, 0.3) is 5.91 Å². The van der Waals surface area contributed by atoms with Gasteiger partial charge in [-0.15, -0.1) is 0 Å². The molecule has 3 rings (SSSR count). The Morgan fingerprint density at radius 1 is 1.30 bits per heavy atom. The highest BCUT2D eigenvalue weighted by Crippen LogP contribution is 2.37. The fraction of sp³-hybridized carbons (Fsp3) is 0.667. The summed E-state index contributed by atoms with van der Waals surface area (Å²) < 4.78 is 25.4. The van der Waals surface area contributed by atoms with E-state index in [4.69, 9.17) is 0 Å². The number of hydrogen-bond acceptors (Lipinski definition) is 5. The quantitative estimate of drug-likeness (QED) is 0.799. The topological polar surface area (TPSA) is 101 Å². The number of hydrogen-bond donors (Lipinski definition) is 2. The monoisotopic (exact) mass is 338 g/mol. The molecular weight excluding hydrogens is 316 g/mol. The zero-order valence-electron chi connectivity index (χ0n) is 13.2. The molecular formula is C15H22N4O3S. The van der Waals surface area contributed by atoms with Gasteiger partial charge in [-0.2, -0.15) is 0 Å². The number of sulfonamides is 1. The number of amides is 1. The van der Waals surface area contributed by atoms with E-state index in [0.717, 1.165) is 37.9 Å². The summed E-state index contributed by atoms with van der Waals surface area (Å²) in [6.07, 6.45) is 7.66. The first kappa shape index (κ1) is 16.3. The maximum absolute atomic E-state index is 12.2. The van der Waals surface area contributed by atoms with E-state index in [0.29, 0.717) is 18.2 Å². The van der Waals surface area contributed by atoms with Crippen molar-refractivity contribution < 1.29 is 13.2 Å². The summed E-state index contributed by atoms with van der Waals surface area (Å²) in [7, 11) is -3.22. The molecule has 2 aliphatic carbocycles. The van der Waals surface area contributed by atoms with Gasteiger partial charge in [-0.3, -0.25) is 4.79 Å². The number of nitrogens with one attached hydrogen (secondary N) is 2. The van der Waals surface area contributed by atoms with Gasteiger partial charge in [0, 0.05) is 24.7 Å². The summed E-state index contributed by atoms with van der Waals surface area (Å²) in [5.74, 6) is 1.05. The molecule has 23 heavy (non-hydrogen) atoms. The van der Waals surface area contributed by atoms with Gasteiger partial charge in [0.15, 0.2) is 0 Å². The molecule has 0 spiro atoms. The van der Waals surface area contributed by atoms with Gasteiger partial charge in [-0.05, 0) is 37.7 Å². The van der Waals surface area contributed by atoms with E-state index < -0.39 is 10.0 Å². The molecule has 2 fully saturated rings. The van der Waals surface area contributed by atoms with E-state index in [-0.39, 0.29) is 17.9 Å². The minimum Gasteiger partial charge on any atom is -0.350 e. The number of aromatic nitrogens is 2. The van der Waals surface area contributed by atoms with Gasteiger partial charge in [0.1, 0.15) is 11.5 Å². The van der Waals surface area contributed by atoms with Gasteiger partial charge < -0.3 is 5.32 Å². The number of carbonyl (C=O) groups excluding carboxylic acids is 1. The Morgan fingerprint density at radius 2 is 2.09 bits per heavy atom. The molecule has 1 amide bonds. The molecule has 0 aliphatic heterocycles. The summed E-state index contributed by atoms with van der Waals surface area (Å²) in [5, 5.41) is 2.88. The van der Waals surface area contributed by atoms with Crippen LogP contribution in [0, 0.1) is 5.92 Å². The molecule has 0 bridgehead atoms. The number of nitrogens with zero attached hydrogens (tertiary/aromatic N) is 2. The van der Waals surface area contributed by atoms with E-state index >= 15 is 0 Å². The second-order valence-electron chi connectivity index (χ2n) is 6.47. The van der Waals surface area contributed by atoms with Crippen LogP contribution in [0.4, 0.5) is 0 Å². The molecule has 0 radical (unpaired) electrons. The summed E-state index contributed by atoms with van der Waals surface area (Å²) in [4.78, 5) is 20.8. The normalized spacial score (nSPS) is 24.6. The van der Waals surface area contributed by atoms with E-state index in [1.165, 1.54) is 6.26 Å². The van der Waals surface area contributed by atoms with E-state index in [1.807, 2.05) is 0 Å². The minimum absolute atomic E-state index is 0.0993. The van der Waals surface area contributed by atoms with Crippen LogP contribution in [-0.2, 0) is 10.0 Å². The number of rotatable bonds is 6. The maximum atomic E-state index is 12.2. The molecule has 7 nitrogen and oxygen atoms in total. The van der Waals surface area contributed by atoms with Crippen LogP contribution < -0.4 is 10.0 Å². The molecule has 0 aromatic carbocycles. The first-order chi connectivity index (χ1) is 10.9. The second kappa shape index (κ2) is 6.52. The van der Waals surface area contributed by atoms with Crippen molar-refractivity contribution in [1.29, 1.82) is 0 Å². The van der Waals surface area contributed by atoms with Crippen LogP contribution in [0.1, 0.15) is 54.3 Å². The van der Waals surface area contributed by atoms with Gasteiger partial charge in [-0.25, -0.2) is 23.1 Å². The fourth-order valence-electron chi connectivity index (χ4n) is 3.06. The summed E-state index contributed by atoms with van der Waals surface area (Å²) in [6, 6.07) is 1.51. The van der Waals surface area contributed by atoms with E-state index in [9.17, 15) is 13.2 Å². The molecule has 1 heterocycles. The average Bonchev–Trinajstić information content (AvgIpc) is 3.26. The Kier molecular flexibility index (Phi) is 4.63. The predicted molar refractivity (Wildman–Crippen MR) is 85.4 cm³/mol. The molecule has 2 unspecified atom stereocenters. The zero-order chi connectivity index (χ0) is 16.4. The van der Waals surface area contributed by atoms with Gasteiger partial charge >= 0.3 is 0 Å².